The number of hydrogen-bond donors (Lipinski definition) is 2. The third-order valence-corrected chi connectivity index (χ3v) is 3.82. The van der Waals surface area contributed by atoms with E-state index in [1.807, 2.05) is 18.2 Å². The average molecular weight is 507 g/mol. The first kappa shape index (κ1) is 24.2. The minimum absolute atomic E-state index is 0. The highest BCUT2D eigenvalue weighted by Crippen LogP contribution is 2.18. The van der Waals surface area contributed by atoms with Gasteiger partial charge in [0.15, 0.2) is 5.96 Å². The van der Waals surface area contributed by atoms with Crippen molar-refractivity contribution in [2.75, 3.05) is 11.9 Å². The van der Waals surface area contributed by atoms with Gasteiger partial charge in [-0.3, -0.25) is 0 Å². The van der Waals surface area contributed by atoms with Gasteiger partial charge in [0.2, 0.25) is 0 Å². The van der Waals surface area contributed by atoms with Crippen LogP contribution in [0.15, 0.2) is 53.5 Å². The summed E-state index contributed by atoms with van der Waals surface area (Å²) in [4.78, 5) is 4.29. The Morgan fingerprint density at radius 2 is 1.75 bits per heavy atom. The molecule has 2 aromatic rings. The Morgan fingerprint density at radius 1 is 1.11 bits per heavy atom. The first-order valence-corrected chi connectivity index (χ1v) is 8.62. The molecule has 2 rings (SSSR count). The highest BCUT2D eigenvalue weighted by atomic mass is 127. The lowest BCUT2D eigenvalue weighted by Gasteiger charge is -2.10. The predicted octanol–water partition coefficient (Wildman–Crippen LogP) is 5.43. The van der Waals surface area contributed by atoms with Crippen LogP contribution in [0.1, 0.15) is 36.5 Å². The fourth-order valence-corrected chi connectivity index (χ4v) is 2.36. The van der Waals surface area contributed by atoms with Gasteiger partial charge in [-0.05, 0) is 34.7 Å². The van der Waals surface area contributed by atoms with Crippen molar-refractivity contribution in [1.82, 2.24) is 0 Å². The highest BCUT2D eigenvalue weighted by Gasteiger charge is 2.27. The number of alkyl halides is 3. The van der Waals surface area contributed by atoms with Gasteiger partial charge in [0, 0.05) is 5.69 Å². The molecule has 0 saturated carbocycles. The van der Waals surface area contributed by atoms with Crippen LogP contribution in [-0.4, -0.2) is 18.7 Å². The second-order valence-corrected chi connectivity index (χ2v) is 6.53. The van der Waals surface area contributed by atoms with Crippen molar-refractivity contribution < 1.29 is 17.9 Å². The summed E-state index contributed by atoms with van der Waals surface area (Å²) in [5, 5.41) is 3.06. The highest BCUT2D eigenvalue weighted by molar-refractivity contribution is 14.0. The number of nitrogens with zero attached hydrogens (tertiary/aromatic N) is 1. The molecule has 154 valence electrons. The summed E-state index contributed by atoms with van der Waals surface area (Å²) < 4.78 is 40.8. The molecule has 0 aromatic heterocycles. The lowest BCUT2D eigenvalue weighted by atomic mass is 10.0. The maximum atomic E-state index is 12.1. The second-order valence-electron chi connectivity index (χ2n) is 6.53. The lowest BCUT2D eigenvalue weighted by molar-refractivity contribution is -0.176. The molecular weight excluding hydrogens is 482 g/mol. The van der Waals surface area contributed by atoms with Crippen molar-refractivity contribution in [3.63, 3.8) is 0 Å². The quantitative estimate of drug-likeness (QED) is 0.299. The fourth-order valence-electron chi connectivity index (χ4n) is 2.36. The first-order valence-electron chi connectivity index (χ1n) is 8.62. The van der Waals surface area contributed by atoms with Gasteiger partial charge in [0.05, 0.1) is 13.2 Å². The van der Waals surface area contributed by atoms with Gasteiger partial charge in [-0.1, -0.05) is 50.2 Å². The Hall–Kier alpha value is -1.81. The van der Waals surface area contributed by atoms with Gasteiger partial charge in [-0.2, -0.15) is 13.2 Å². The summed E-state index contributed by atoms with van der Waals surface area (Å²) in [6.07, 6.45) is -4.31. The monoisotopic (exact) mass is 507 g/mol. The number of aliphatic imine (C=N–C) groups is 1. The zero-order valence-corrected chi connectivity index (χ0v) is 18.1. The number of benzene rings is 2. The van der Waals surface area contributed by atoms with E-state index >= 15 is 0 Å². The van der Waals surface area contributed by atoms with Gasteiger partial charge in [0.1, 0.15) is 6.61 Å². The van der Waals surface area contributed by atoms with Gasteiger partial charge in [0.25, 0.3) is 0 Å². The molecule has 0 unspecified atom stereocenters. The number of guanidine groups is 1. The molecule has 0 radical (unpaired) electrons. The maximum absolute atomic E-state index is 12.1. The summed E-state index contributed by atoms with van der Waals surface area (Å²) in [6.45, 7) is 3.27. The second kappa shape index (κ2) is 11.3. The van der Waals surface area contributed by atoms with Crippen molar-refractivity contribution in [2.24, 2.45) is 10.7 Å². The first-order chi connectivity index (χ1) is 12.7. The summed E-state index contributed by atoms with van der Waals surface area (Å²) in [6, 6.07) is 15.0. The van der Waals surface area contributed by atoms with Crippen LogP contribution < -0.4 is 11.1 Å². The Labute approximate surface area is 180 Å². The average Bonchev–Trinajstić information content (AvgIpc) is 2.60. The molecule has 0 fully saturated rings. The van der Waals surface area contributed by atoms with Crippen LogP contribution in [0.4, 0.5) is 18.9 Å². The van der Waals surface area contributed by atoms with E-state index in [9.17, 15) is 13.2 Å². The zero-order chi connectivity index (χ0) is 19.9. The minimum atomic E-state index is -4.31. The molecule has 28 heavy (non-hydrogen) atoms. The number of nitrogens with two attached hydrogens (primary N) is 1. The predicted molar refractivity (Wildman–Crippen MR) is 117 cm³/mol. The van der Waals surface area contributed by atoms with E-state index in [0.717, 1.165) is 11.3 Å². The van der Waals surface area contributed by atoms with Crippen LogP contribution in [0.2, 0.25) is 0 Å². The molecule has 0 spiro atoms. The van der Waals surface area contributed by atoms with E-state index in [1.165, 1.54) is 5.56 Å². The molecule has 0 amide bonds. The summed E-state index contributed by atoms with van der Waals surface area (Å²) >= 11 is 0. The lowest BCUT2D eigenvalue weighted by Crippen LogP contribution is -2.22. The Balaban J connectivity index is 0.00000392. The van der Waals surface area contributed by atoms with Crippen molar-refractivity contribution in [3.05, 3.63) is 65.2 Å². The Bertz CT molecular complexity index is 762. The van der Waals surface area contributed by atoms with Crippen LogP contribution in [0.25, 0.3) is 0 Å². The van der Waals surface area contributed by atoms with Crippen molar-refractivity contribution in [2.45, 2.75) is 39.1 Å². The Morgan fingerprint density at radius 3 is 2.36 bits per heavy atom. The molecule has 0 heterocycles. The largest absolute Gasteiger partial charge is 0.411 e. The number of halogens is 4. The third-order valence-electron chi connectivity index (χ3n) is 3.82. The molecule has 0 bridgehead atoms. The van der Waals surface area contributed by atoms with Gasteiger partial charge in [-0.15, -0.1) is 24.0 Å². The number of nitrogens with one attached hydrogen (secondary N) is 1. The van der Waals surface area contributed by atoms with Gasteiger partial charge < -0.3 is 15.8 Å². The summed E-state index contributed by atoms with van der Waals surface area (Å²) in [7, 11) is 0. The molecule has 8 heteroatoms. The number of ether oxygens (including phenoxy) is 1. The standard InChI is InChI=1S/C20H24F3N3O.HI/c1-14(2)17-4-3-5-18(10-17)26-19(24)25-11-15-6-8-16(9-7-15)12-27-13-20(21,22)23;/h3-10,14H,11-13H2,1-2H3,(H3,24,25,26);1H. The van der Waals surface area contributed by atoms with Crippen LogP contribution in [0, 0.1) is 0 Å². The number of rotatable bonds is 7. The molecule has 3 N–H and O–H groups in total. The minimum Gasteiger partial charge on any atom is -0.370 e. The van der Waals surface area contributed by atoms with Crippen LogP contribution in [0.5, 0.6) is 0 Å². The van der Waals surface area contributed by atoms with E-state index in [1.54, 1.807) is 24.3 Å². The maximum Gasteiger partial charge on any atom is 0.411 e. The summed E-state index contributed by atoms with van der Waals surface area (Å²) in [5.41, 5.74) is 9.58. The molecule has 0 aliphatic carbocycles. The van der Waals surface area contributed by atoms with Crippen molar-refractivity contribution in [3.8, 4) is 0 Å². The van der Waals surface area contributed by atoms with Crippen LogP contribution in [0.3, 0.4) is 0 Å². The summed E-state index contributed by atoms with van der Waals surface area (Å²) in [5.74, 6) is 0.719. The number of anilines is 1. The number of hydrogen-bond acceptors (Lipinski definition) is 2. The molecule has 0 aliphatic heterocycles. The normalized spacial score (nSPS) is 12.0. The van der Waals surface area contributed by atoms with Crippen LogP contribution in [-0.2, 0) is 17.9 Å². The third kappa shape index (κ3) is 8.92. The molecule has 0 saturated heterocycles. The fraction of sp³-hybridized carbons (Fsp3) is 0.350. The van der Waals surface area contributed by atoms with E-state index in [-0.39, 0.29) is 30.6 Å². The van der Waals surface area contributed by atoms with Crippen LogP contribution >= 0.6 is 24.0 Å². The van der Waals surface area contributed by atoms with Crippen molar-refractivity contribution in [1.29, 1.82) is 0 Å². The zero-order valence-electron chi connectivity index (χ0n) is 15.8. The SMILES string of the molecule is CC(C)c1cccc(NC(N)=NCc2ccc(COCC(F)(F)F)cc2)c1.I. The molecule has 0 aliphatic rings. The molecule has 4 nitrogen and oxygen atoms in total. The van der Waals surface area contributed by atoms with E-state index in [2.05, 4.69) is 35.0 Å². The van der Waals surface area contributed by atoms with Gasteiger partial charge >= 0.3 is 6.18 Å². The van der Waals surface area contributed by atoms with E-state index in [4.69, 9.17) is 5.73 Å². The Kier molecular flexibility index (Phi) is 9.74. The smallest absolute Gasteiger partial charge is 0.370 e. The topological polar surface area (TPSA) is 59.6 Å². The van der Waals surface area contributed by atoms with E-state index in [0.29, 0.717) is 24.0 Å². The van der Waals surface area contributed by atoms with Gasteiger partial charge in [-0.25, -0.2) is 4.99 Å². The van der Waals surface area contributed by atoms with E-state index < -0.39 is 12.8 Å². The van der Waals surface area contributed by atoms with Crippen molar-refractivity contribution >= 4 is 35.6 Å². The molecule has 0 atom stereocenters. The molecule has 2 aromatic carbocycles. The molecular formula is C20H25F3IN3O.